The van der Waals surface area contributed by atoms with Gasteiger partial charge in [0.05, 0.1) is 49.2 Å². The van der Waals surface area contributed by atoms with Crippen molar-refractivity contribution < 1.29 is 14.4 Å². The molecule has 4 nitrogen and oxygen atoms in total. The average Bonchev–Trinajstić information content (AvgIpc) is 3.31. The fourth-order valence-electron chi connectivity index (χ4n) is 3.62. The molecule has 0 radical (unpaired) electrons. The van der Waals surface area contributed by atoms with Crippen molar-refractivity contribution in [3.63, 3.8) is 0 Å². The van der Waals surface area contributed by atoms with Crippen LogP contribution >= 0.6 is 11.3 Å². The van der Waals surface area contributed by atoms with Gasteiger partial charge >= 0.3 is 0 Å². The van der Waals surface area contributed by atoms with E-state index in [0.29, 0.717) is 25.0 Å². The van der Waals surface area contributed by atoms with Crippen molar-refractivity contribution in [3.8, 4) is 35.2 Å². The summed E-state index contributed by atoms with van der Waals surface area (Å²) in [6.45, 7) is 15.4. The molecule has 5 heteroatoms. The zero-order valence-electron chi connectivity index (χ0n) is 24.3. The molecule has 0 saturated heterocycles. The fraction of sp³-hybridized carbons (Fsp3) is 0.562. The minimum atomic E-state index is 0.330. The number of ether oxygens (including phenoxy) is 2. The Morgan fingerprint density at radius 3 is 2.22 bits per heavy atom. The van der Waals surface area contributed by atoms with E-state index in [1.807, 2.05) is 0 Å². The normalized spacial score (nSPS) is 11.0. The van der Waals surface area contributed by atoms with Crippen LogP contribution in [0.3, 0.4) is 0 Å². The Hall–Kier alpha value is -2.44. The van der Waals surface area contributed by atoms with Gasteiger partial charge in [-0.25, -0.2) is 0 Å². The summed E-state index contributed by atoms with van der Waals surface area (Å²) in [6, 6.07) is 8.33. The Labute approximate surface area is 230 Å². The number of hydrogen-bond donors (Lipinski definition) is 1. The molecular formula is C32H47N2O2S+. The molecule has 0 atom stereocenters. The van der Waals surface area contributed by atoms with Gasteiger partial charge < -0.3 is 19.3 Å². The van der Waals surface area contributed by atoms with E-state index in [2.05, 4.69) is 109 Å². The van der Waals surface area contributed by atoms with Crippen molar-refractivity contribution in [2.45, 2.75) is 59.8 Å². The first-order valence-corrected chi connectivity index (χ1v) is 14.6. The lowest BCUT2D eigenvalue weighted by atomic mass is 9.99. The van der Waals surface area contributed by atoms with Crippen LogP contribution in [0.4, 0.5) is 0 Å². The molecule has 2 aromatic rings. The maximum absolute atomic E-state index is 6.30. The van der Waals surface area contributed by atoms with Crippen molar-refractivity contribution in [3.05, 3.63) is 45.1 Å². The lowest BCUT2D eigenvalue weighted by molar-refractivity contribution is -0.858. The first-order chi connectivity index (χ1) is 17.7. The van der Waals surface area contributed by atoms with Gasteiger partial charge in [0.1, 0.15) is 11.5 Å². The van der Waals surface area contributed by atoms with Gasteiger partial charge in [0, 0.05) is 18.0 Å². The van der Waals surface area contributed by atoms with Gasteiger partial charge in [-0.15, -0.1) is 11.3 Å². The molecule has 1 aromatic heterocycles. The van der Waals surface area contributed by atoms with Gasteiger partial charge in [-0.05, 0) is 63.0 Å². The third-order valence-electron chi connectivity index (χ3n) is 5.95. The smallest absolute Gasteiger partial charge is 0.135 e. The SMILES string of the molecule is CCN(C)CCCOc1cc(C(C)C)c(OCCCC[NH+](C)C)cc1C#Cc1ccc(C#CC(C)C)s1. The molecule has 1 heterocycles. The number of quaternary nitrogens is 1. The Balaban J connectivity index is 2.29. The monoisotopic (exact) mass is 523 g/mol. The molecule has 0 saturated carbocycles. The van der Waals surface area contributed by atoms with Crippen LogP contribution in [0.2, 0.25) is 0 Å². The van der Waals surface area contributed by atoms with Gasteiger partial charge in [-0.1, -0.05) is 58.3 Å². The molecular weight excluding hydrogens is 476 g/mol. The number of unbranched alkanes of at least 4 members (excludes halogenated alkanes) is 1. The summed E-state index contributed by atoms with van der Waals surface area (Å²) < 4.78 is 12.6. The minimum absolute atomic E-state index is 0.330. The third-order valence-corrected chi connectivity index (χ3v) is 6.87. The number of thiophene rings is 1. The highest BCUT2D eigenvalue weighted by Crippen LogP contribution is 2.34. The number of benzene rings is 1. The lowest BCUT2D eigenvalue weighted by Crippen LogP contribution is -3.05. The maximum Gasteiger partial charge on any atom is 0.135 e. The average molecular weight is 524 g/mol. The van der Waals surface area contributed by atoms with Crippen molar-refractivity contribution in [2.75, 3.05) is 54.0 Å². The van der Waals surface area contributed by atoms with E-state index >= 15 is 0 Å². The maximum atomic E-state index is 6.30. The highest BCUT2D eigenvalue weighted by atomic mass is 32.1. The third kappa shape index (κ3) is 11.7. The number of hydrogen-bond acceptors (Lipinski definition) is 4. The van der Waals surface area contributed by atoms with Crippen LogP contribution in [-0.2, 0) is 0 Å². The van der Waals surface area contributed by atoms with Crippen LogP contribution in [0.25, 0.3) is 0 Å². The molecule has 0 fully saturated rings. The van der Waals surface area contributed by atoms with Crippen molar-refractivity contribution >= 4 is 11.3 Å². The van der Waals surface area contributed by atoms with Gasteiger partial charge in [-0.3, -0.25) is 0 Å². The highest BCUT2D eigenvalue weighted by Gasteiger charge is 2.15. The molecule has 0 bridgehead atoms. The number of nitrogens with one attached hydrogen (secondary N) is 1. The summed E-state index contributed by atoms with van der Waals surface area (Å²) in [5, 5.41) is 0. The molecule has 37 heavy (non-hydrogen) atoms. The quantitative estimate of drug-likeness (QED) is 0.285. The van der Waals surface area contributed by atoms with Gasteiger partial charge in [-0.2, -0.15) is 0 Å². The van der Waals surface area contributed by atoms with Crippen LogP contribution in [0.1, 0.15) is 80.7 Å². The summed E-state index contributed by atoms with van der Waals surface area (Å²) in [7, 11) is 6.52. The topological polar surface area (TPSA) is 26.1 Å². The van der Waals surface area contributed by atoms with E-state index in [4.69, 9.17) is 9.47 Å². The highest BCUT2D eigenvalue weighted by molar-refractivity contribution is 7.13. The van der Waals surface area contributed by atoms with Crippen LogP contribution in [-0.4, -0.2) is 58.9 Å². The van der Waals surface area contributed by atoms with Gasteiger partial charge in [0.2, 0.25) is 0 Å². The largest absolute Gasteiger partial charge is 0.493 e. The second-order valence-electron chi connectivity index (χ2n) is 10.5. The van der Waals surface area contributed by atoms with E-state index in [1.54, 1.807) is 11.3 Å². The van der Waals surface area contributed by atoms with Crippen LogP contribution in [0, 0.1) is 29.6 Å². The molecule has 0 amide bonds. The minimum Gasteiger partial charge on any atom is -0.493 e. The van der Waals surface area contributed by atoms with Gasteiger partial charge in [0.25, 0.3) is 0 Å². The summed E-state index contributed by atoms with van der Waals surface area (Å²) in [6.07, 6.45) is 3.17. The zero-order valence-corrected chi connectivity index (χ0v) is 25.1. The van der Waals surface area contributed by atoms with Crippen molar-refractivity contribution in [2.24, 2.45) is 5.92 Å². The van der Waals surface area contributed by atoms with Gasteiger partial charge in [0.15, 0.2) is 0 Å². The van der Waals surface area contributed by atoms with Crippen molar-refractivity contribution in [1.29, 1.82) is 0 Å². The molecule has 1 N–H and O–H groups in total. The Bertz CT molecular complexity index is 1080. The van der Waals surface area contributed by atoms with Crippen LogP contribution in [0.5, 0.6) is 11.5 Å². The van der Waals surface area contributed by atoms with Crippen LogP contribution < -0.4 is 14.4 Å². The summed E-state index contributed by atoms with van der Waals surface area (Å²) in [5.74, 6) is 15.7. The zero-order chi connectivity index (χ0) is 27.2. The Morgan fingerprint density at radius 2 is 1.57 bits per heavy atom. The molecule has 0 spiro atoms. The van der Waals surface area contributed by atoms with E-state index in [-0.39, 0.29) is 0 Å². The van der Waals surface area contributed by atoms with Crippen molar-refractivity contribution in [1.82, 2.24) is 4.90 Å². The van der Waals surface area contributed by atoms with E-state index in [1.165, 1.54) is 10.5 Å². The second kappa shape index (κ2) is 16.4. The van der Waals surface area contributed by atoms with E-state index < -0.39 is 0 Å². The van der Waals surface area contributed by atoms with E-state index in [9.17, 15) is 0 Å². The summed E-state index contributed by atoms with van der Waals surface area (Å²) in [4.78, 5) is 5.83. The summed E-state index contributed by atoms with van der Waals surface area (Å²) in [5.41, 5.74) is 2.05. The van der Waals surface area contributed by atoms with Crippen LogP contribution in [0.15, 0.2) is 24.3 Å². The molecule has 0 unspecified atom stereocenters. The molecule has 1 aromatic carbocycles. The Morgan fingerprint density at radius 1 is 0.892 bits per heavy atom. The molecule has 0 aliphatic carbocycles. The number of nitrogens with zero attached hydrogens (tertiary/aromatic N) is 1. The first kappa shape index (κ1) is 30.8. The molecule has 0 aliphatic heterocycles. The Kier molecular flexibility index (Phi) is 13.7. The molecule has 2 rings (SSSR count). The predicted molar refractivity (Wildman–Crippen MR) is 158 cm³/mol. The molecule has 202 valence electrons. The predicted octanol–water partition coefficient (Wildman–Crippen LogP) is 5.30. The fourth-order valence-corrected chi connectivity index (χ4v) is 4.34. The number of rotatable bonds is 13. The summed E-state index contributed by atoms with van der Waals surface area (Å²) >= 11 is 1.63. The van der Waals surface area contributed by atoms with E-state index in [0.717, 1.165) is 65.7 Å². The molecule has 0 aliphatic rings. The standard InChI is InChI=1S/C32H46N2O2S/c1-9-34(8)20-12-22-35-31-24-30(26(4)5)32(36-21-11-10-19-33(6)7)23-27(31)14-16-29-18-17-28(37-29)15-13-25(2)3/h17-18,23-26H,9-12,19-22H2,1-8H3/p+1. The lowest BCUT2D eigenvalue weighted by Gasteiger charge is -2.19. The second-order valence-corrected chi connectivity index (χ2v) is 11.6. The first-order valence-electron chi connectivity index (χ1n) is 13.7.